The summed E-state index contributed by atoms with van der Waals surface area (Å²) in [6.07, 6.45) is -4.81. The number of alkyl halides is 3. The van der Waals surface area contributed by atoms with Gasteiger partial charge in [0.25, 0.3) is 5.91 Å². The first-order chi connectivity index (χ1) is 15.6. The van der Waals surface area contributed by atoms with Gasteiger partial charge in [0.05, 0.1) is 16.3 Å². The number of nitrogens with zero attached hydrogens (tertiary/aromatic N) is 3. The van der Waals surface area contributed by atoms with E-state index in [0.29, 0.717) is 11.3 Å². The lowest BCUT2D eigenvalue weighted by atomic mass is 10.2. The van der Waals surface area contributed by atoms with Crippen LogP contribution in [-0.2, 0) is 21.2 Å². The second kappa shape index (κ2) is 8.39. The number of ether oxygens (including phenoxy) is 2. The molecule has 174 valence electrons. The fourth-order valence-corrected chi connectivity index (χ4v) is 3.99. The number of hydrogen-bond donors (Lipinski definition) is 0. The molecule has 0 bridgehead atoms. The second-order valence-corrected chi connectivity index (χ2v) is 9.16. The van der Waals surface area contributed by atoms with Gasteiger partial charge in [0, 0.05) is 5.56 Å². The number of amides is 1. The number of halogens is 3. The largest absolute Gasteiger partial charge is 0.573 e. The van der Waals surface area contributed by atoms with Crippen molar-refractivity contribution >= 4 is 21.4 Å². The second-order valence-electron chi connectivity index (χ2n) is 6.89. The van der Waals surface area contributed by atoms with Gasteiger partial charge in [-0.05, 0) is 42.5 Å². The van der Waals surface area contributed by atoms with Gasteiger partial charge in [-0.1, -0.05) is 12.1 Å². The van der Waals surface area contributed by atoms with Crippen molar-refractivity contribution < 1.29 is 40.4 Å². The minimum absolute atomic E-state index is 0.0329. The molecule has 3 aromatic rings. The molecular weight excluding hydrogens is 467 g/mol. The van der Waals surface area contributed by atoms with Gasteiger partial charge in [0.15, 0.2) is 16.4 Å². The third-order valence-electron chi connectivity index (χ3n) is 4.72. The van der Waals surface area contributed by atoms with Crippen molar-refractivity contribution in [2.75, 3.05) is 17.3 Å². The smallest absolute Gasteiger partial charge is 0.482 e. The third-order valence-corrected chi connectivity index (χ3v) is 6.45. The quantitative estimate of drug-likeness (QED) is 0.525. The molecule has 1 aliphatic rings. The number of carbonyl (C=O) groups excluding carboxylic acids is 1. The summed E-state index contributed by atoms with van der Waals surface area (Å²) in [5.74, 6) is -0.507. The number of benzene rings is 2. The number of rotatable bonds is 6. The van der Waals surface area contributed by atoms with Crippen molar-refractivity contribution in [2.45, 2.75) is 24.7 Å². The van der Waals surface area contributed by atoms with Gasteiger partial charge in [0.1, 0.15) is 18.0 Å². The maximum absolute atomic E-state index is 12.5. The first-order valence-corrected chi connectivity index (χ1v) is 11.2. The van der Waals surface area contributed by atoms with Crippen molar-refractivity contribution in [1.29, 1.82) is 0 Å². The van der Waals surface area contributed by atoms with Crippen molar-refractivity contribution in [3.8, 4) is 22.9 Å². The Morgan fingerprint density at radius 3 is 2.55 bits per heavy atom. The Hall–Kier alpha value is -3.61. The molecule has 2 aromatic carbocycles. The minimum atomic E-state index is -4.81. The van der Waals surface area contributed by atoms with Crippen molar-refractivity contribution in [2.24, 2.45) is 0 Å². The SMILES string of the molecule is CCS(=O)(=O)c1ccc2c(c1)N(Cc1nc(-c3ccc(OC(F)(F)F)cc3)no1)C(=O)CO2. The molecule has 2 heterocycles. The molecule has 0 saturated carbocycles. The Bertz CT molecular complexity index is 1290. The molecule has 9 nitrogen and oxygen atoms in total. The molecule has 1 aliphatic heterocycles. The van der Waals surface area contributed by atoms with E-state index < -0.39 is 27.9 Å². The van der Waals surface area contributed by atoms with Gasteiger partial charge < -0.3 is 14.0 Å². The van der Waals surface area contributed by atoms with E-state index >= 15 is 0 Å². The summed E-state index contributed by atoms with van der Waals surface area (Å²) in [5.41, 5.74) is 0.610. The summed E-state index contributed by atoms with van der Waals surface area (Å²) in [5, 5.41) is 3.79. The Labute approximate surface area is 185 Å². The van der Waals surface area contributed by atoms with Gasteiger partial charge in [-0.2, -0.15) is 4.98 Å². The van der Waals surface area contributed by atoms with Crippen LogP contribution in [0, 0.1) is 0 Å². The monoisotopic (exact) mass is 483 g/mol. The van der Waals surface area contributed by atoms with Gasteiger partial charge in [-0.3, -0.25) is 9.69 Å². The van der Waals surface area contributed by atoms with Gasteiger partial charge in [-0.25, -0.2) is 8.42 Å². The maximum Gasteiger partial charge on any atom is 0.573 e. The zero-order valence-corrected chi connectivity index (χ0v) is 17.8. The zero-order chi connectivity index (χ0) is 23.8. The van der Waals surface area contributed by atoms with Crippen LogP contribution < -0.4 is 14.4 Å². The van der Waals surface area contributed by atoms with Crippen LogP contribution in [0.1, 0.15) is 12.8 Å². The van der Waals surface area contributed by atoms with Gasteiger partial charge in [0.2, 0.25) is 11.7 Å². The summed E-state index contributed by atoms with van der Waals surface area (Å²) < 4.78 is 75.8. The molecule has 0 spiro atoms. The lowest BCUT2D eigenvalue weighted by Crippen LogP contribution is -2.38. The topological polar surface area (TPSA) is 112 Å². The number of fused-ring (bicyclic) bond motifs is 1. The molecule has 33 heavy (non-hydrogen) atoms. The van der Waals surface area contributed by atoms with E-state index in [2.05, 4.69) is 14.9 Å². The molecule has 13 heteroatoms. The van der Waals surface area contributed by atoms with Crippen molar-refractivity contribution in [3.05, 3.63) is 48.4 Å². The lowest BCUT2D eigenvalue weighted by molar-refractivity contribution is -0.274. The number of aromatic nitrogens is 2. The highest BCUT2D eigenvalue weighted by Crippen LogP contribution is 2.35. The fraction of sp³-hybridized carbons (Fsp3) is 0.250. The van der Waals surface area contributed by atoms with Crippen LogP contribution in [0.15, 0.2) is 51.9 Å². The molecule has 0 fully saturated rings. The molecule has 0 atom stereocenters. The molecule has 0 radical (unpaired) electrons. The lowest BCUT2D eigenvalue weighted by Gasteiger charge is -2.28. The molecule has 4 rings (SSSR count). The summed E-state index contributed by atoms with van der Waals surface area (Å²) in [6, 6.07) is 9.10. The van der Waals surface area contributed by atoms with E-state index in [1.54, 1.807) is 0 Å². The number of carbonyl (C=O) groups is 1. The third kappa shape index (κ3) is 4.92. The Balaban J connectivity index is 1.57. The van der Waals surface area contributed by atoms with E-state index in [1.165, 1.54) is 42.2 Å². The van der Waals surface area contributed by atoms with Crippen LogP contribution in [0.2, 0.25) is 0 Å². The van der Waals surface area contributed by atoms with E-state index in [-0.39, 0.29) is 41.2 Å². The molecule has 1 amide bonds. The molecule has 0 N–H and O–H groups in total. The summed E-state index contributed by atoms with van der Waals surface area (Å²) in [4.78, 5) is 18.0. The predicted molar refractivity (Wildman–Crippen MR) is 107 cm³/mol. The average molecular weight is 483 g/mol. The van der Waals surface area contributed by atoms with E-state index in [4.69, 9.17) is 9.26 Å². The molecule has 0 unspecified atom stereocenters. The first kappa shape index (κ1) is 22.6. The summed E-state index contributed by atoms with van der Waals surface area (Å²) in [6.45, 7) is 1.09. The maximum atomic E-state index is 12.5. The highest BCUT2D eigenvalue weighted by molar-refractivity contribution is 7.91. The van der Waals surface area contributed by atoms with Crippen molar-refractivity contribution in [3.63, 3.8) is 0 Å². The average Bonchev–Trinajstić information content (AvgIpc) is 3.23. The highest BCUT2D eigenvalue weighted by Gasteiger charge is 2.31. The Morgan fingerprint density at radius 2 is 1.88 bits per heavy atom. The fourth-order valence-electron chi connectivity index (χ4n) is 3.09. The van der Waals surface area contributed by atoms with E-state index in [1.807, 2.05) is 0 Å². The van der Waals surface area contributed by atoms with Crippen LogP contribution in [-0.4, -0.2) is 43.2 Å². The summed E-state index contributed by atoms with van der Waals surface area (Å²) >= 11 is 0. The first-order valence-electron chi connectivity index (χ1n) is 9.54. The van der Waals surface area contributed by atoms with Crippen LogP contribution in [0.5, 0.6) is 11.5 Å². The predicted octanol–water partition coefficient (Wildman–Crippen LogP) is 3.35. The standard InChI is InChI=1S/C20H16F3N3O6S/c1-2-33(28,29)14-7-8-16-15(9-14)26(18(27)11-30-16)10-17-24-19(25-32-17)12-3-5-13(6-4-12)31-20(21,22)23/h3-9H,2,10-11H2,1H3. The van der Waals surface area contributed by atoms with Crippen LogP contribution >= 0.6 is 0 Å². The summed E-state index contributed by atoms with van der Waals surface area (Å²) in [7, 11) is -3.52. The number of anilines is 1. The number of sulfone groups is 1. The highest BCUT2D eigenvalue weighted by atomic mass is 32.2. The van der Waals surface area contributed by atoms with Gasteiger partial charge in [-0.15, -0.1) is 13.2 Å². The Kier molecular flexibility index (Phi) is 5.74. The molecule has 0 saturated heterocycles. The molecule has 0 aliphatic carbocycles. The normalized spacial score (nSPS) is 14.1. The van der Waals surface area contributed by atoms with Gasteiger partial charge >= 0.3 is 6.36 Å². The molecular formula is C20H16F3N3O6S. The minimum Gasteiger partial charge on any atom is -0.482 e. The van der Waals surface area contributed by atoms with Crippen LogP contribution in [0.25, 0.3) is 11.4 Å². The van der Waals surface area contributed by atoms with Crippen molar-refractivity contribution in [1.82, 2.24) is 10.1 Å². The van der Waals surface area contributed by atoms with Crippen LogP contribution in [0.3, 0.4) is 0 Å². The van der Waals surface area contributed by atoms with Crippen LogP contribution in [0.4, 0.5) is 18.9 Å². The zero-order valence-electron chi connectivity index (χ0n) is 17.0. The van der Waals surface area contributed by atoms with E-state index in [0.717, 1.165) is 12.1 Å². The molecule has 1 aromatic heterocycles. The Morgan fingerprint density at radius 1 is 1.15 bits per heavy atom. The van der Waals surface area contributed by atoms with E-state index in [9.17, 15) is 26.4 Å². The number of hydrogen-bond acceptors (Lipinski definition) is 8.